The van der Waals surface area contributed by atoms with E-state index in [4.69, 9.17) is 11.6 Å². The Bertz CT molecular complexity index is 1080. The zero-order valence-electron chi connectivity index (χ0n) is 17.7. The van der Waals surface area contributed by atoms with Gasteiger partial charge in [-0.2, -0.15) is 0 Å². The quantitative estimate of drug-likeness (QED) is 0.648. The Morgan fingerprint density at radius 3 is 2.44 bits per heavy atom. The van der Waals surface area contributed by atoms with Gasteiger partial charge in [0.25, 0.3) is 0 Å². The number of benzene rings is 1. The Kier molecular flexibility index (Phi) is 5.17. The van der Waals surface area contributed by atoms with Crippen LogP contribution < -0.4 is 4.90 Å². The van der Waals surface area contributed by atoms with Crippen molar-refractivity contribution in [2.45, 2.75) is 32.2 Å². The second-order valence-electron chi connectivity index (χ2n) is 8.89. The van der Waals surface area contributed by atoms with Crippen molar-refractivity contribution in [2.75, 3.05) is 31.1 Å². The van der Waals surface area contributed by atoms with Crippen molar-refractivity contribution in [3.63, 3.8) is 0 Å². The zero-order chi connectivity index (χ0) is 22.6. The van der Waals surface area contributed by atoms with Gasteiger partial charge in [-0.1, -0.05) is 11.6 Å². The van der Waals surface area contributed by atoms with Crippen LogP contribution in [0.5, 0.6) is 0 Å². The Morgan fingerprint density at radius 1 is 1.12 bits per heavy atom. The van der Waals surface area contributed by atoms with Crippen molar-refractivity contribution in [3.8, 4) is 0 Å². The Hall–Kier alpha value is -2.58. The highest BCUT2D eigenvalue weighted by Crippen LogP contribution is 2.47. The van der Waals surface area contributed by atoms with Gasteiger partial charge in [-0.05, 0) is 43.9 Å². The lowest BCUT2D eigenvalue weighted by Gasteiger charge is -2.38. The topological polar surface area (TPSA) is 56.8 Å². The van der Waals surface area contributed by atoms with E-state index in [1.54, 1.807) is 11.1 Å². The minimum Gasteiger partial charge on any atom is -0.357 e. The summed E-state index contributed by atoms with van der Waals surface area (Å²) in [4.78, 5) is 31.6. The van der Waals surface area contributed by atoms with Gasteiger partial charge >= 0.3 is 0 Å². The van der Waals surface area contributed by atoms with Crippen molar-refractivity contribution in [3.05, 3.63) is 58.2 Å². The van der Waals surface area contributed by atoms with Crippen LogP contribution in [-0.2, 0) is 4.79 Å². The third kappa shape index (κ3) is 3.46. The number of rotatable bonds is 3. The predicted molar refractivity (Wildman–Crippen MR) is 115 cm³/mol. The van der Waals surface area contributed by atoms with E-state index in [0.29, 0.717) is 67.4 Å². The summed E-state index contributed by atoms with van der Waals surface area (Å²) in [5, 5.41) is 4.12. The monoisotopic (exact) mass is 460 g/mol. The molecule has 3 saturated heterocycles. The van der Waals surface area contributed by atoms with E-state index in [2.05, 4.69) is 9.88 Å². The first-order valence-electron chi connectivity index (χ1n) is 10.7. The van der Waals surface area contributed by atoms with Gasteiger partial charge in [0.15, 0.2) is 5.78 Å². The Morgan fingerprint density at radius 2 is 1.81 bits per heavy atom. The average Bonchev–Trinajstić information content (AvgIpc) is 3.26. The molecule has 1 amide bonds. The summed E-state index contributed by atoms with van der Waals surface area (Å²) in [6.45, 7) is 4.02. The molecule has 0 radical (unpaired) electrons. The van der Waals surface area contributed by atoms with Crippen LogP contribution in [0.15, 0.2) is 30.5 Å². The predicted octanol–water partition coefficient (Wildman–Crippen LogP) is 4.01. The molecule has 0 bridgehead atoms. The number of nitrogens with zero attached hydrogens (tertiary/aromatic N) is 4. The molecule has 3 aliphatic heterocycles. The molecular weight excluding hydrogens is 438 g/mol. The first kappa shape index (κ1) is 21.3. The van der Waals surface area contributed by atoms with Crippen molar-refractivity contribution in [2.24, 2.45) is 5.41 Å². The van der Waals surface area contributed by atoms with Crippen LogP contribution in [0.3, 0.4) is 0 Å². The molecule has 32 heavy (non-hydrogen) atoms. The van der Waals surface area contributed by atoms with Gasteiger partial charge in [-0.25, -0.2) is 18.8 Å². The molecule has 4 heterocycles. The van der Waals surface area contributed by atoms with E-state index < -0.39 is 17.0 Å². The summed E-state index contributed by atoms with van der Waals surface area (Å²) in [5.74, 6) is -0.674. The van der Waals surface area contributed by atoms with E-state index in [9.17, 15) is 18.4 Å². The highest BCUT2D eigenvalue weighted by molar-refractivity contribution is 6.34. The van der Waals surface area contributed by atoms with Crippen LogP contribution in [-0.4, -0.2) is 52.9 Å². The lowest BCUT2D eigenvalue weighted by molar-refractivity contribution is -0.143. The molecule has 5 rings (SSSR count). The summed E-state index contributed by atoms with van der Waals surface area (Å²) in [6.07, 6.45) is 3.45. The van der Waals surface area contributed by atoms with Gasteiger partial charge in [0.2, 0.25) is 5.91 Å². The molecule has 0 saturated carbocycles. The second kappa shape index (κ2) is 7.78. The zero-order valence-corrected chi connectivity index (χ0v) is 18.4. The third-order valence-electron chi connectivity index (χ3n) is 6.94. The summed E-state index contributed by atoms with van der Waals surface area (Å²) >= 11 is 6.24. The molecular formula is C23H23ClF2N4O2. The number of aromatic nitrogens is 1. The van der Waals surface area contributed by atoms with E-state index in [1.165, 1.54) is 25.3 Å². The largest absolute Gasteiger partial charge is 0.357 e. The summed E-state index contributed by atoms with van der Waals surface area (Å²) in [7, 11) is 0. The van der Waals surface area contributed by atoms with Gasteiger partial charge in [0.05, 0.1) is 22.0 Å². The summed E-state index contributed by atoms with van der Waals surface area (Å²) in [5.41, 5.74) is 0.379. The average molecular weight is 461 g/mol. The number of fused-ring (bicyclic) bond motifs is 1. The van der Waals surface area contributed by atoms with Gasteiger partial charge in [0, 0.05) is 44.5 Å². The highest BCUT2D eigenvalue weighted by atomic mass is 35.5. The van der Waals surface area contributed by atoms with Crippen LogP contribution in [0.25, 0.3) is 0 Å². The number of ketones is 1. The number of anilines is 1. The lowest BCUT2D eigenvalue weighted by Crippen LogP contribution is -2.46. The molecule has 168 valence electrons. The normalized spacial score (nSPS) is 22.6. The lowest BCUT2D eigenvalue weighted by atomic mass is 9.77. The van der Waals surface area contributed by atoms with Crippen molar-refractivity contribution in [1.29, 1.82) is 0 Å². The smallest absolute Gasteiger partial charge is 0.245 e. The third-order valence-corrected chi connectivity index (χ3v) is 7.25. The van der Waals surface area contributed by atoms with Crippen molar-refractivity contribution in [1.82, 2.24) is 15.0 Å². The fraction of sp³-hybridized carbons (Fsp3) is 0.435. The highest BCUT2D eigenvalue weighted by Gasteiger charge is 2.56. The number of carbonyl (C=O) groups is 2. The minimum absolute atomic E-state index is 0.0299. The van der Waals surface area contributed by atoms with Crippen LogP contribution in [0, 0.1) is 17.0 Å². The number of carbonyl (C=O) groups excluding carboxylic acids is 2. The van der Waals surface area contributed by atoms with Gasteiger partial charge < -0.3 is 4.90 Å². The molecule has 0 N–H and O–H groups in total. The number of hydrogen-bond donors (Lipinski definition) is 0. The molecule has 3 aliphatic rings. The number of Topliss-reactive ketones (excluding diaryl/α,β-unsaturated/α-hetero) is 1. The standard InChI is InChI=1S/C23H23ClF2N4O2/c1-14(31)18-12-27-21(11-19(18)24)28-6-3-23(4-7-28)13-29-5-2-20(30(29)22(23)32)15-8-16(25)10-17(26)9-15/h8-12,20H,2-7,13H2,1H3/t20-/m0/s1. The summed E-state index contributed by atoms with van der Waals surface area (Å²) in [6, 6.07) is 4.84. The maximum absolute atomic E-state index is 13.8. The van der Waals surface area contributed by atoms with Crippen LogP contribution >= 0.6 is 11.6 Å². The molecule has 1 atom stereocenters. The molecule has 0 unspecified atom stereocenters. The molecule has 1 spiro atoms. The number of hydrogen-bond acceptors (Lipinski definition) is 5. The van der Waals surface area contributed by atoms with Gasteiger partial charge in [-0.3, -0.25) is 14.6 Å². The molecule has 6 nitrogen and oxygen atoms in total. The van der Waals surface area contributed by atoms with Crippen LogP contribution in [0.2, 0.25) is 5.02 Å². The Balaban J connectivity index is 1.32. The fourth-order valence-electron chi connectivity index (χ4n) is 5.25. The van der Waals surface area contributed by atoms with Crippen LogP contribution in [0.1, 0.15) is 48.1 Å². The van der Waals surface area contributed by atoms with E-state index in [1.807, 2.05) is 5.01 Å². The van der Waals surface area contributed by atoms with E-state index in [0.717, 1.165) is 6.07 Å². The Labute approximate surface area is 189 Å². The van der Waals surface area contributed by atoms with Crippen molar-refractivity contribution < 1.29 is 18.4 Å². The van der Waals surface area contributed by atoms with Crippen molar-refractivity contribution >= 4 is 29.1 Å². The van der Waals surface area contributed by atoms with Gasteiger partial charge in [-0.15, -0.1) is 0 Å². The number of piperidine rings is 1. The molecule has 3 fully saturated rings. The first-order valence-corrected chi connectivity index (χ1v) is 11.1. The molecule has 1 aromatic heterocycles. The van der Waals surface area contributed by atoms with E-state index >= 15 is 0 Å². The summed E-state index contributed by atoms with van der Waals surface area (Å²) < 4.78 is 27.6. The number of hydrazine groups is 1. The molecule has 0 aliphatic carbocycles. The number of halogens is 3. The maximum atomic E-state index is 13.8. The SMILES string of the molecule is CC(=O)c1cnc(N2CCC3(CC2)CN2CC[C@@H](c4cc(F)cc(F)c4)N2C3=O)cc1Cl. The second-order valence-corrected chi connectivity index (χ2v) is 9.30. The number of pyridine rings is 1. The molecule has 2 aromatic rings. The van der Waals surface area contributed by atoms with Gasteiger partial charge in [0.1, 0.15) is 17.5 Å². The van der Waals surface area contributed by atoms with E-state index in [-0.39, 0.29) is 17.7 Å². The molecule has 9 heteroatoms. The minimum atomic E-state index is -0.630. The number of amides is 1. The first-order chi connectivity index (χ1) is 15.3. The van der Waals surface area contributed by atoms with Crippen LogP contribution in [0.4, 0.5) is 14.6 Å². The maximum Gasteiger partial charge on any atom is 0.245 e. The molecule has 1 aromatic carbocycles. The fourth-order valence-corrected chi connectivity index (χ4v) is 5.53.